The van der Waals surface area contributed by atoms with Crippen LogP contribution in [0.1, 0.15) is 36.0 Å². The molecule has 0 aromatic heterocycles. The van der Waals surface area contributed by atoms with E-state index in [1.807, 2.05) is 42.5 Å². The topological polar surface area (TPSA) is 62.9 Å². The molecule has 0 aliphatic carbocycles. The monoisotopic (exact) mass is 463 g/mol. The van der Waals surface area contributed by atoms with Crippen LogP contribution in [-0.2, 0) is 15.1 Å². The average molecular weight is 464 g/mol. The van der Waals surface area contributed by atoms with Crippen LogP contribution in [0.5, 0.6) is 11.5 Å². The lowest BCUT2D eigenvalue weighted by Gasteiger charge is -2.37. The third-order valence-corrected chi connectivity index (χ3v) is 6.18. The Kier molecular flexibility index (Phi) is 9.95. The Bertz CT molecular complexity index is 910. The van der Waals surface area contributed by atoms with Crippen LogP contribution in [-0.4, -0.2) is 41.1 Å². The summed E-state index contributed by atoms with van der Waals surface area (Å²) >= 11 is 0. The molecule has 182 valence electrons. The van der Waals surface area contributed by atoms with Gasteiger partial charge in [-0.25, -0.2) is 0 Å². The first-order valence-corrected chi connectivity index (χ1v) is 11.9. The number of benzene rings is 3. The van der Waals surface area contributed by atoms with Gasteiger partial charge in [0.2, 0.25) is 0 Å². The normalized spacial score (nSPS) is 12.4. The molecule has 0 aliphatic heterocycles. The fraction of sp³-hybridized carbons (Fsp3) is 0.379. The van der Waals surface area contributed by atoms with Crippen molar-refractivity contribution in [2.45, 2.75) is 24.9 Å². The summed E-state index contributed by atoms with van der Waals surface area (Å²) in [5.74, 6) is 1.87. The van der Waals surface area contributed by atoms with Crippen LogP contribution in [0.15, 0.2) is 78.9 Å². The maximum Gasteiger partial charge on any atom is 0.143 e. The molecule has 1 unspecified atom stereocenters. The van der Waals surface area contributed by atoms with Gasteiger partial charge in [0.25, 0.3) is 0 Å². The van der Waals surface area contributed by atoms with Gasteiger partial charge in [-0.2, -0.15) is 0 Å². The minimum Gasteiger partial charge on any atom is -0.497 e. The molecule has 0 heterocycles. The van der Waals surface area contributed by atoms with Gasteiger partial charge in [0.15, 0.2) is 0 Å². The molecule has 0 spiro atoms. The lowest BCUT2D eigenvalue weighted by molar-refractivity contribution is -0.0252. The van der Waals surface area contributed by atoms with Gasteiger partial charge in [-0.05, 0) is 60.3 Å². The molecule has 0 amide bonds. The Morgan fingerprint density at radius 2 is 1.21 bits per heavy atom. The fourth-order valence-electron chi connectivity index (χ4n) is 4.34. The predicted molar refractivity (Wildman–Crippen MR) is 137 cm³/mol. The summed E-state index contributed by atoms with van der Waals surface area (Å²) in [6.45, 7) is 1.89. The minimum atomic E-state index is -0.806. The van der Waals surface area contributed by atoms with Crippen molar-refractivity contribution in [3.8, 4) is 11.5 Å². The van der Waals surface area contributed by atoms with E-state index in [2.05, 4.69) is 36.4 Å². The number of nitrogens with two attached hydrogens (primary N) is 1. The molecule has 5 heteroatoms. The number of hydrogen-bond acceptors (Lipinski definition) is 5. The summed E-state index contributed by atoms with van der Waals surface area (Å²) in [7, 11) is 5.10. The Balaban J connectivity index is 2.09. The molecular weight excluding hydrogens is 426 g/mol. The van der Waals surface area contributed by atoms with Crippen LogP contribution < -0.4 is 15.2 Å². The summed E-state index contributed by atoms with van der Waals surface area (Å²) in [6.07, 6.45) is 3.05. The number of ether oxygens (including phenoxy) is 4. The minimum absolute atomic E-state index is 0.260. The highest BCUT2D eigenvalue weighted by Crippen LogP contribution is 2.42. The van der Waals surface area contributed by atoms with E-state index in [9.17, 15) is 0 Å². The molecule has 0 radical (unpaired) electrons. The highest BCUT2D eigenvalue weighted by atomic mass is 16.5. The summed E-state index contributed by atoms with van der Waals surface area (Å²) in [4.78, 5) is 0. The number of methoxy groups -OCH3 is 3. The van der Waals surface area contributed by atoms with Crippen molar-refractivity contribution in [2.24, 2.45) is 11.7 Å². The first-order valence-electron chi connectivity index (χ1n) is 11.9. The molecule has 1 atom stereocenters. The molecule has 3 aromatic carbocycles. The lowest BCUT2D eigenvalue weighted by Crippen LogP contribution is -2.35. The van der Waals surface area contributed by atoms with Gasteiger partial charge in [-0.15, -0.1) is 0 Å². The Hall–Kier alpha value is -2.86. The van der Waals surface area contributed by atoms with Crippen LogP contribution >= 0.6 is 0 Å². The van der Waals surface area contributed by atoms with Crippen LogP contribution in [0.25, 0.3) is 0 Å². The highest BCUT2D eigenvalue weighted by Gasteiger charge is 2.38. The molecule has 5 nitrogen and oxygen atoms in total. The highest BCUT2D eigenvalue weighted by molar-refractivity contribution is 5.49. The molecule has 0 aliphatic rings. The van der Waals surface area contributed by atoms with E-state index in [0.717, 1.165) is 47.5 Å². The maximum absolute atomic E-state index is 6.99. The van der Waals surface area contributed by atoms with Crippen molar-refractivity contribution in [1.82, 2.24) is 0 Å². The van der Waals surface area contributed by atoms with Gasteiger partial charge < -0.3 is 24.7 Å². The molecule has 3 aromatic rings. The summed E-state index contributed by atoms with van der Waals surface area (Å²) in [5.41, 5.74) is 8.04. The molecule has 3 rings (SSSR count). The molecule has 34 heavy (non-hydrogen) atoms. The first kappa shape index (κ1) is 25.8. The van der Waals surface area contributed by atoms with Gasteiger partial charge in [0.1, 0.15) is 17.1 Å². The van der Waals surface area contributed by atoms with Crippen molar-refractivity contribution in [2.75, 3.05) is 41.1 Å². The van der Waals surface area contributed by atoms with Crippen molar-refractivity contribution in [3.05, 3.63) is 95.6 Å². The second-order valence-corrected chi connectivity index (χ2v) is 8.42. The van der Waals surface area contributed by atoms with Gasteiger partial charge in [-0.1, -0.05) is 61.0 Å². The first-order chi connectivity index (χ1) is 16.7. The molecule has 0 saturated heterocycles. The van der Waals surface area contributed by atoms with E-state index < -0.39 is 5.60 Å². The van der Waals surface area contributed by atoms with Crippen molar-refractivity contribution in [1.29, 1.82) is 0 Å². The predicted octanol–water partition coefficient (Wildman–Crippen LogP) is 5.40. The van der Waals surface area contributed by atoms with E-state index in [4.69, 9.17) is 24.7 Å². The fourth-order valence-corrected chi connectivity index (χ4v) is 4.34. The quantitative estimate of drug-likeness (QED) is 0.256. The molecule has 0 fully saturated rings. The molecular formula is C29H37NO4. The Morgan fingerprint density at radius 1 is 0.676 bits per heavy atom. The van der Waals surface area contributed by atoms with E-state index in [1.165, 1.54) is 0 Å². The number of rotatable bonds is 14. The zero-order valence-corrected chi connectivity index (χ0v) is 20.5. The summed E-state index contributed by atoms with van der Waals surface area (Å²) < 4.78 is 23.4. The van der Waals surface area contributed by atoms with Gasteiger partial charge in [-0.3, -0.25) is 0 Å². The smallest absolute Gasteiger partial charge is 0.143 e. The van der Waals surface area contributed by atoms with Crippen LogP contribution in [0, 0.1) is 5.92 Å². The Labute approximate surface area is 203 Å². The largest absolute Gasteiger partial charge is 0.497 e. The standard InChI is InChI=1S/C29H37NO4/c1-31-21-23(9-7-8-20-30)22-34-29(24-10-5-4-6-11-24,25-12-16-27(32-2)17-13-25)26-14-18-28(33-3)19-15-26/h4-6,10-19,23H,7-9,20-22,30H2,1-3H3. The third-order valence-electron chi connectivity index (χ3n) is 6.18. The van der Waals surface area contributed by atoms with Gasteiger partial charge in [0.05, 0.1) is 27.4 Å². The molecule has 2 N–H and O–H groups in total. The Morgan fingerprint density at radius 3 is 1.68 bits per heavy atom. The van der Waals surface area contributed by atoms with E-state index >= 15 is 0 Å². The lowest BCUT2D eigenvalue weighted by atomic mass is 9.79. The summed E-state index contributed by atoms with van der Waals surface area (Å²) in [6, 6.07) is 26.6. The zero-order valence-electron chi connectivity index (χ0n) is 20.5. The molecule has 0 bridgehead atoms. The van der Waals surface area contributed by atoms with Crippen LogP contribution in [0.2, 0.25) is 0 Å². The zero-order chi connectivity index (χ0) is 24.2. The number of unbranched alkanes of at least 4 members (excludes halogenated alkanes) is 1. The SMILES string of the molecule is COCC(CCCCN)COC(c1ccccc1)(c1ccc(OC)cc1)c1ccc(OC)cc1. The van der Waals surface area contributed by atoms with Crippen molar-refractivity contribution < 1.29 is 18.9 Å². The van der Waals surface area contributed by atoms with E-state index in [0.29, 0.717) is 19.8 Å². The second kappa shape index (κ2) is 13.1. The molecule has 0 saturated carbocycles. The maximum atomic E-state index is 6.99. The summed E-state index contributed by atoms with van der Waals surface area (Å²) in [5, 5.41) is 0. The third kappa shape index (κ3) is 6.17. The van der Waals surface area contributed by atoms with Crippen LogP contribution in [0.3, 0.4) is 0 Å². The number of hydrogen-bond donors (Lipinski definition) is 1. The van der Waals surface area contributed by atoms with E-state index in [-0.39, 0.29) is 5.92 Å². The van der Waals surface area contributed by atoms with Crippen molar-refractivity contribution >= 4 is 0 Å². The average Bonchev–Trinajstić information content (AvgIpc) is 2.90. The van der Waals surface area contributed by atoms with Gasteiger partial charge >= 0.3 is 0 Å². The van der Waals surface area contributed by atoms with Gasteiger partial charge in [0, 0.05) is 13.0 Å². The second-order valence-electron chi connectivity index (χ2n) is 8.42. The van der Waals surface area contributed by atoms with Crippen molar-refractivity contribution in [3.63, 3.8) is 0 Å². The van der Waals surface area contributed by atoms with E-state index in [1.54, 1.807) is 21.3 Å². The van der Waals surface area contributed by atoms with Crippen LogP contribution in [0.4, 0.5) is 0 Å².